The van der Waals surface area contributed by atoms with E-state index in [4.69, 9.17) is 4.74 Å². The van der Waals surface area contributed by atoms with Crippen molar-refractivity contribution in [2.24, 2.45) is 5.10 Å². The average Bonchev–Trinajstić information content (AvgIpc) is 2.57. The number of rotatable bonds is 7. The number of hydrogen-bond acceptors (Lipinski definition) is 3. The molecule has 0 spiro atoms. The van der Waals surface area contributed by atoms with E-state index < -0.39 is 0 Å². The van der Waals surface area contributed by atoms with Gasteiger partial charge in [0.2, 0.25) is 5.91 Å². The van der Waals surface area contributed by atoms with Crippen LogP contribution in [0.15, 0.2) is 47.6 Å². The molecule has 0 aliphatic carbocycles. The van der Waals surface area contributed by atoms with Crippen LogP contribution >= 0.6 is 0 Å². The van der Waals surface area contributed by atoms with Gasteiger partial charge < -0.3 is 4.74 Å². The molecular formula is C20H24N2O2. The van der Waals surface area contributed by atoms with Crippen LogP contribution in [0.25, 0.3) is 0 Å². The molecule has 24 heavy (non-hydrogen) atoms. The van der Waals surface area contributed by atoms with E-state index in [-0.39, 0.29) is 5.91 Å². The van der Waals surface area contributed by atoms with Gasteiger partial charge in [-0.1, -0.05) is 42.0 Å². The van der Waals surface area contributed by atoms with E-state index in [2.05, 4.69) is 16.6 Å². The summed E-state index contributed by atoms with van der Waals surface area (Å²) in [5.74, 6) is 0.825. The molecule has 0 aliphatic rings. The van der Waals surface area contributed by atoms with Crippen LogP contribution in [0.4, 0.5) is 0 Å². The van der Waals surface area contributed by atoms with Gasteiger partial charge in [0.05, 0.1) is 13.3 Å². The summed E-state index contributed by atoms with van der Waals surface area (Å²) in [6.45, 7) is 4.06. The highest BCUT2D eigenvalue weighted by Gasteiger charge is 2.03. The van der Waals surface area contributed by atoms with Gasteiger partial charge in [-0.25, -0.2) is 5.43 Å². The van der Waals surface area contributed by atoms with Gasteiger partial charge in [-0.05, 0) is 49.4 Å². The molecular weight excluding hydrogens is 300 g/mol. The van der Waals surface area contributed by atoms with Crippen LogP contribution in [-0.2, 0) is 11.2 Å². The molecule has 0 aromatic heterocycles. The fourth-order valence-electron chi connectivity index (χ4n) is 2.44. The highest BCUT2D eigenvalue weighted by Crippen LogP contribution is 2.19. The van der Waals surface area contributed by atoms with Gasteiger partial charge in [-0.3, -0.25) is 4.79 Å². The van der Waals surface area contributed by atoms with Crippen LogP contribution in [0.1, 0.15) is 35.1 Å². The number of hydrazone groups is 1. The fourth-order valence-corrected chi connectivity index (χ4v) is 2.44. The normalized spacial score (nSPS) is 10.8. The van der Waals surface area contributed by atoms with E-state index >= 15 is 0 Å². The smallest absolute Gasteiger partial charge is 0.240 e. The molecule has 2 aromatic carbocycles. The molecule has 0 fully saturated rings. The van der Waals surface area contributed by atoms with Crippen molar-refractivity contribution in [3.63, 3.8) is 0 Å². The SMILES string of the molecule is COc1ccc(CCCC(=O)NN=Cc2ccc(C)cc2)cc1C. The van der Waals surface area contributed by atoms with Crippen LogP contribution in [0.2, 0.25) is 0 Å². The zero-order valence-electron chi connectivity index (χ0n) is 14.5. The largest absolute Gasteiger partial charge is 0.496 e. The van der Waals surface area contributed by atoms with Crippen LogP contribution in [-0.4, -0.2) is 19.2 Å². The molecule has 126 valence electrons. The summed E-state index contributed by atoms with van der Waals surface area (Å²) in [6.07, 6.45) is 3.76. The number of ether oxygens (including phenoxy) is 1. The van der Waals surface area contributed by atoms with E-state index in [1.165, 1.54) is 11.1 Å². The molecule has 0 saturated carbocycles. The second-order valence-electron chi connectivity index (χ2n) is 5.86. The van der Waals surface area contributed by atoms with Crippen LogP contribution in [0.5, 0.6) is 5.75 Å². The predicted molar refractivity (Wildman–Crippen MR) is 97.6 cm³/mol. The number of carbonyl (C=O) groups excluding carboxylic acids is 1. The van der Waals surface area contributed by atoms with Crippen molar-refractivity contribution in [3.05, 3.63) is 64.7 Å². The van der Waals surface area contributed by atoms with E-state index in [1.807, 2.05) is 50.2 Å². The number of nitrogens with one attached hydrogen (secondary N) is 1. The summed E-state index contributed by atoms with van der Waals surface area (Å²) in [5.41, 5.74) is 7.06. The molecule has 2 aromatic rings. The predicted octanol–water partition coefficient (Wildman–Crippen LogP) is 3.79. The fraction of sp³-hybridized carbons (Fsp3) is 0.300. The Kier molecular flexibility index (Phi) is 6.55. The van der Waals surface area contributed by atoms with Gasteiger partial charge in [0.25, 0.3) is 0 Å². The van der Waals surface area contributed by atoms with E-state index in [0.29, 0.717) is 6.42 Å². The molecule has 0 saturated heterocycles. The van der Waals surface area contributed by atoms with Crippen molar-refractivity contribution in [3.8, 4) is 5.75 Å². The standard InChI is InChI=1S/C20H24N2O2/c1-15-7-9-18(10-8-15)14-21-22-20(23)6-4-5-17-11-12-19(24-3)16(2)13-17/h7-14H,4-6H2,1-3H3,(H,22,23). The molecule has 4 heteroatoms. The molecule has 0 atom stereocenters. The first-order valence-corrected chi connectivity index (χ1v) is 8.10. The quantitative estimate of drug-likeness (QED) is 0.622. The third kappa shape index (κ3) is 5.54. The van der Waals surface area contributed by atoms with Crippen LogP contribution in [0.3, 0.4) is 0 Å². The van der Waals surface area contributed by atoms with Gasteiger partial charge in [-0.15, -0.1) is 0 Å². The number of nitrogens with zero attached hydrogens (tertiary/aromatic N) is 1. The molecule has 0 heterocycles. The Morgan fingerprint density at radius 3 is 2.58 bits per heavy atom. The summed E-state index contributed by atoms with van der Waals surface area (Å²) in [7, 11) is 1.67. The number of methoxy groups -OCH3 is 1. The lowest BCUT2D eigenvalue weighted by atomic mass is 10.1. The number of carbonyl (C=O) groups is 1. The molecule has 4 nitrogen and oxygen atoms in total. The van der Waals surface area contributed by atoms with E-state index in [9.17, 15) is 4.79 Å². The first-order valence-electron chi connectivity index (χ1n) is 8.10. The number of aryl methyl sites for hydroxylation is 3. The minimum atomic E-state index is -0.0661. The zero-order chi connectivity index (χ0) is 17.4. The first-order chi connectivity index (χ1) is 11.6. The zero-order valence-corrected chi connectivity index (χ0v) is 14.5. The van der Waals surface area contributed by atoms with Crippen LogP contribution in [0, 0.1) is 13.8 Å². The number of hydrogen-bond donors (Lipinski definition) is 1. The molecule has 0 unspecified atom stereocenters. The molecule has 0 bridgehead atoms. The lowest BCUT2D eigenvalue weighted by molar-refractivity contribution is -0.121. The molecule has 1 N–H and O–H groups in total. The van der Waals surface area contributed by atoms with Crippen molar-refractivity contribution >= 4 is 12.1 Å². The van der Waals surface area contributed by atoms with Gasteiger partial charge >= 0.3 is 0 Å². The summed E-state index contributed by atoms with van der Waals surface area (Å²) < 4.78 is 5.25. The van der Waals surface area contributed by atoms with Gasteiger partial charge in [-0.2, -0.15) is 5.10 Å². The lowest BCUT2D eigenvalue weighted by Crippen LogP contribution is -2.17. The second-order valence-corrected chi connectivity index (χ2v) is 5.86. The Hall–Kier alpha value is -2.62. The summed E-state index contributed by atoms with van der Waals surface area (Å²) in [5, 5.41) is 3.99. The Labute approximate surface area is 143 Å². The number of benzene rings is 2. The molecule has 1 amide bonds. The summed E-state index contributed by atoms with van der Waals surface area (Å²) in [4.78, 5) is 11.8. The van der Waals surface area contributed by atoms with E-state index in [0.717, 1.165) is 29.7 Å². The van der Waals surface area contributed by atoms with Crippen LogP contribution < -0.4 is 10.2 Å². The second kappa shape index (κ2) is 8.87. The third-order valence-electron chi connectivity index (χ3n) is 3.81. The average molecular weight is 324 g/mol. The highest BCUT2D eigenvalue weighted by atomic mass is 16.5. The topological polar surface area (TPSA) is 50.7 Å². The first kappa shape index (κ1) is 17.7. The third-order valence-corrected chi connectivity index (χ3v) is 3.81. The maximum Gasteiger partial charge on any atom is 0.240 e. The Morgan fingerprint density at radius 2 is 1.92 bits per heavy atom. The van der Waals surface area contributed by atoms with Crippen molar-refractivity contribution in [1.29, 1.82) is 0 Å². The van der Waals surface area contributed by atoms with Crippen molar-refractivity contribution in [2.45, 2.75) is 33.1 Å². The number of amides is 1. The lowest BCUT2D eigenvalue weighted by Gasteiger charge is -2.07. The monoisotopic (exact) mass is 324 g/mol. The Bertz CT molecular complexity index is 706. The molecule has 2 rings (SSSR count). The van der Waals surface area contributed by atoms with Gasteiger partial charge in [0.1, 0.15) is 5.75 Å². The van der Waals surface area contributed by atoms with E-state index in [1.54, 1.807) is 13.3 Å². The maximum absolute atomic E-state index is 11.8. The van der Waals surface area contributed by atoms with Gasteiger partial charge in [0.15, 0.2) is 0 Å². The van der Waals surface area contributed by atoms with Crippen molar-refractivity contribution < 1.29 is 9.53 Å². The minimum absolute atomic E-state index is 0.0661. The minimum Gasteiger partial charge on any atom is -0.496 e. The molecule has 0 radical (unpaired) electrons. The van der Waals surface area contributed by atoms with Crippen molar-refractivity contribution in [1.82, 2.24) is 5.43 Å². The molecule has 0 aliphatic heterocycles. The van der Waals surface area contributed by atoms with Crippen molar-refractivity contribution in [2.75, 3.05) is 7.11 Å². The summed E-state index contributed by atoms with van der Waals surface area (Å²) >= 11 is 0. The maximum atomic E-state index is 11.8. The highest BCUT2D eigenvalue weighted by molar-refractivity contribution is 5.82. The summed E-state index contributed by atoms with van der Waals surface area (Å²) in [6, 6.07) is 14.1. The Morgan fingerprint density at radius 1 is 1.17 bits per heavy atom. The Balaban J connectivity index is 1.73. The van der Waals surface area contributed by atoms with Gasteiger partial charge in [0, 0.05) is 6.42 Å².